The lowest BCUT2D eigenvalue weighted by Crippen LogP contribution is -2.32. The Bertz CT molecular complexity index is 153. The molecule has 1 rings (SSSR count). The summed E-state index contributed by atoms with van der Waals surface area (Å²) in [5.74, 6) is 1.78. The Morgan fingerprint density at radius 2 is 1.93 bits per heavy atom. The number of ether oxygens (including phenoxy) is 1. The average Bonchev–Trinajstić information content (AvgIpc) is 2.71. The van der Waals surface area contributed by atoms with E-state index in [2.05, 4.69) is 19.2 Å². The van der Waals surface area contributed by atoms with Crippen molar-refractivity contribution in [2.75, 3.05) is 20.3 Å². The van der Waals surface area contributed by atoms with Gasteiger partial charge >= 0.3 is 0 Å². The second-order valence-electron chi connectivity index (χ2n) is 5.15. The molecule has 0 spiro atoms. The maximum absolute atomic E-state index is 5.21. The summed E-state index contributed by atoms with van der Waals surface area (Å²) in [6, 6.07) is 0.608. The van der Waals surface area contributed by atoms with Gasteiger partial charge in [0.25, 0.3) is 0 Å². The summed E-state index contributed by atoms with van der Waals surface area (Å²) in [7, 11) is 1.81. The number of nitrogens with one attached hydrogen (secondary N) is 1. The molecule has 90 valence electrons. The van der Waals surface area contributed by atoms with Crippen molar-refractivity contribution >= 4 is 0 Å². The molecule has 0 radical (unpaired) electrons. The van der Waals surface area contributed by atoms with E-state index in [9.17, 15) is 0 Å². The van der Waals surface area contributed by atoms with E-state index < -0.39 is 0 Å². The Morgan fingerprint density at radius 3 is 2.47 bits per heavy atom. The van der Waals surface area contributed by atoms with Crippen LogP contribution >= 0.6 is 0 Å². The molecule has 1 saturated carbocycles. The van der Waals surface area contributed by atoms with Gasteiger partial charge in [-0.05, 0) is 24.8 Å². The van der Waals surface area contributed by atoms with Gasteiger partial charge in [0.2, 0.25) is 0 Å². The van der Waals surface area contributed by atoms with E-state index in [1.54, 1.807) is 0 Å². The van der Waals surface area contributed by atoms with Gasteiger partial charge in [0.1, 0.15) is 0 Å². The molecule has 1 N–H and O–H groups in total. The Kier molecular flexibility index (Phi) is 6.26. The first kappa shape index (κ1) is 13.0. The SMILES string of the molecule is COCCC(CNC(C)C)C1CCCC1. The van der Waals surface area contributed by atoms with Gasteiger partial charge in [0.15, 0.2) is 0 Å². The van der Waals surface area contributed by atoms with Gasteiger partial charge in [-0.15, -0.1) is 0 Å². The lowest BCUT2D eigenvalue weighted by molar-refractivity contribution is 0.158. The summed E-state index contributed by atoms with van der Waals surface area (Å²) in [4.78, 5) is 0. The van der Waals surface area contributed by atoms with Crippen molar-refractivity contribution in [2.24, 2.45) is 11.8 Å². The van der Waals surface area contributed by atoms with Crippen LogP contribution in [0.4, 0.5) is 0 Å². The number of hydrogen-bond donors (Lipinski definition) is 1. The van der Waals surface area contributed by atoms with Crippen molar-refractivity contribution in [3.05, 3.63) is 0 Å². The Balaban J connectivity index is 2.30. The lowest BCUT2D eigenvalue weighted by Gasteiger charge is -2.24. The molecule has 1 fully saturated rings. The van der Waals surface area contributed by atoms with Gasteiger partial charge in [-0.25, -0.2) is 0 Å². The smallest absolute Gasteiger partial charge is 0.0465 e. The monoisotopic (exact) mass is 213 g/mol. The summed E-state index contributed by atoms with van der Waals surface area (Å²) < 4.78 is 5.21. The number of rotatable bonds is 7. The Labute approximate surface area is 94.8 Å². The first-order valence-electron chi connectivity index (χ1n) is 6.46. The van der Waals surface area contributed by atoms with E-state index in [0.29, 0.717) is 6.04 Å². The molecule has 15 heavy (non-hydrogen) atoms. The zero-order chi connectivity index (χ0) is 11.1. The molecular weight excluding hydrogens is 186 g/mol. The van der Waals surface area contributed by atoms with Crippen LogP contribution in [0.3, 0.4) is 0 Å². The lowest BCUT2D eigenvalue weighted by atomic mass is 9.88. The molecule has 0 heterocycles. The third-order valence-electron chi connectivity index (χ3n) is 3.55. The fourth-order valence-electron chi connectivity index (χ4n) is 2.59. The molecule has 1 unspecified atom stereocenters. The zero-order valence-electron chi connectivity index (χ0n) is 10.6. The van der Waals surface area contributed by atoms with Crippen molar-refractivity contribution in [1.29, 1.82) is 0 Å². The normalized spacial score (nSPS) is 20.0. The average molecular weight is 213 g/mol. The highest BCUT2D eigenvalue weighted by molar-refractivity contribution is 4.77. The van der Waals surface area contributed by atoms with E-state index in [0.717, 1.165) is 18.4 Å². The van der Waals surface area contributed by atoms with Crippen LogP contribution in [0.2, 0.25) is 0 Å². The molecular formula is C13H27NO. The van der Waals surface area contributed by atoms with Gasteiger partial charge in [-0.1, -0.05) is 39.5 Å². The highest BCUT2D eigenvalue weighted by Gasteiger charge is 2.24. The van der Waals surface area contributed by atoms with Crippen LogP contribution in [-0.4, -0.2) is 26.3 Å². The minimum Gasteiger partial charge on any atom is -0.385 e. The quantitative estimate of drug-likeness (QED) is 0.702. The van der Waals surface area contributed by atoms with Crippen LogP contribution < -0.4 is 5.32 Å². The van der Waals surface area contributed by atoms with Crippen molar-refractivity contribution in [2.45, 2.75) is 52.0 Å². The third-order valence-corrected chi connectivity index (χ3v) is 3.55. The molecule has 0 amide bonds. The maximum Gasteiger partial charge on any atom is 0.0465 e. The van der Waals surface area contributed by atoms with E-state index in [1.807, 2.05) is 7.11 Å². The van der Waals surface area contributed by atoms with Gasteiger partial charge in [0.05, 0.1) is 0 Å². The molecule has 0 aromatic carbocycles. The van der Waals surface area contributed by atoms with Gasteiger partial charge in [-0.2, -0.15) is 0 Å². The fourth-order valence-corrected chi connectivity index (χ4v) is 2.59. The van der Waals surface area contributed by atoms with Gasteiger partial charge < -0.3 is 10.1 Å². The molecule has 0 aromatic rings. The molecule has 0 saturated heterocycles. The maximum atomic E-state index is 5.21. The molecule has 1 aliphatic carbocycles. The van der Waals surface area contributed by atoms with E-state index >= 15 is 0 Å². The zero-order valence-corrected chi connectivity index (χ0v) is 10.6. The Morgan fingerprint density at radius 1 is 1.27 bits per heavy atom. The highest BCUT2D eigenvalue weighted by Crippen LogP contribution is 2.32. The molecule has 2 nitrogen and oxygen atoms in total. The van der Waals surface area contributed by atoms with Crippen LogP contribution in [0.15, 0.2) is 0 Å². The fraction of sp³-hybridized carbons (Fsp3) is 1.00. The minimum absolute atomic E-state index is 0.608. The predicted octanol–water partition coefficient (Wildman–Crippen LogP) is 2.83. The second-order valence-corrected chi connectivity index (χ2v) is 5.15. The Hall–Kier alpha value is -0.0800. The molecule has 0 bridgehead atoms. The standard InChI is InChI=1S/C13H27NO/c1-11(2)14-10-13(8-9-15-3)12-6-4-5-7-12/h11-14H,4-10H2,1-3H3. The van der Waals surface area contributed by atoms with E-state index in [-0.39, 0.29) is 0 Å². The minimum atomic E-state index is 0.608. The van der Waals surface area contributed by atoms with Crippen molar-refractivity contribution in [1.82, 2.24) is 5.32 Å². The highest BCUT2D eigenvalue weighted by atomic mass is 16.5. The van der Waals surface area contributed by atoms with Crippen LogP contribution in [0, 0.1) is 11.8 Å². The van der Waals surface area contributed by atoms with Crippen LogP contribution in [-0.2, 0) is 4.74 Å². The predicted molar refractivity (Wildman–Crippen MR) is 65.1 cm³/mol. The van der Waals surface area contributed by atoms with Crippen molar-refractivity contribution in [3.8, 4) is 0 Å². The molecule has 1 atom stereocenters. The van der Waals surface area contributed by atoms with Crippen molar-refractivity contribution < 1.29 is 4.74 Å². The van der Waals surface area contributed by atoms with Crippen LogP contribution in [0.25, 0.3) is 0 Å². The van der Waals surface area contributed by atoms with Crippen LogP contribution in [0.1, 0.15) is 46.0 Å². The first-order chi connectivity index (χ1) is 7.24. The summed E-state index contributed by atoms with van der Waals surface area (Å²) in [5.41, 5.74) is 0. The summed E-state index contributed by atoms with van der Waals surface area (Å²) in [6.45, 7) is 6.54. The second kappa shape index (κ2) is 7.24. The molecule has 2 heteroatoms. The molecule has 0 aliphatic heterocycles. The van der Waals surface area contributed by atoms with E-state index in [4.69, 9.17) is 4.74 Å². The summed E-state index contributed by atoms with van der Waals surface area (Å²) >= 11 is 0. The summed E-state index contributed by atoms with van der Waals surface area (Å²) in [5, 5.41) is 3.58. The number of methoxy groups -OCH3 is 1. The number of hydrogen-bond acceptors (Lipinski definition) is 2. The van der Waals surface area contributed by atoms with E-state index in [1.165, 1.54) is 38.6 Å². The summed E-state index contributed by atoms with van der Waals surface area (Å²) in [6.07, 6.45) is 6.98. The largest absolute Gasteiger partial charge is 0.385 e. The third kappa shape index (κ3) is 4.98. The van der Waals surface area contributed by atoms with Crippen LogP contribution in [0.5, 0.6) is 0 Å². The van der Waals surface area contributed by atoms with Gasteiger partial charge in [-0.3, -0.25) is 0 Å². The molecule has 0 aromatic heterocycles. The topological polar surface area (TPSA) is 21.3 Å². The van der Waals surface area contributed by atoms with Crippen molar-refractivity contribution in [3.63, 3.8) is 0 Å². The molecule has 1 aliphatic rings. The van der Waals surface area contributed by atoms with Gasteiger partial charge in [0, 0.05) is 19.8 Å². The first-order valence-corrected chi connectivity index (χ1v) is 6.46.